The van der Waals surface area contributed by atoms with Crippen LogP contribution in [0.25, 0.3) is 0 Å². The van der Waals surface area contributed by atoms with E-state index in [4.69, 9.17) is 15.9 Å². The van der Waals surface area contributed by atoms with Gasteiger partial charge in [-0.1, -0.05) is 0 Å². The highest BCUT2D eigenvalue weighted by Crippen LogP contribution is 2.25. The molecule has 0 aromatic carbocycles. The molecular weight excluding hydrogens is 184 g/mol. The molecule has 1 aromatic rings. The lowest BCUT2D eigenvalue weighted by atomic mass is 10.0. The van der Waals surface area contributed by atoms with E-state index >= 15 is 0 Å². The van der Waals surface area contributed by atoms with Crippen molar-refractivity contribution < 1.29 is 9.21 Å². The maximum atomic E-state index is 11.4. The van der Waals surface area contributed by atoms with Crippen molar-refractivity contribution in [3.63, 3.8) is 0 Å². The molecule has 1 aliphatic carbocycles. The van der Waals surface area contributed by atoms with Crippen LogP contribution < -0.4 is 11.5 Å². The van der Waals surface area contributed by atoms with E-state index in [9.17, 15) is 4.79 Å². The summed E-state index contributed by atoms with van der Waals surface area (Å²) >= 11 is 0. The zero-order valence-electron chi connectivity index (χ0n) is 7.49. The van der Waals surface area contributed by atoms with Crippen LogP contribution in [-0.4, -0.2) is 16.7 Å². The Balaban J connectivity index is 2.40. The number of fused-ring (bicyclic) bond motifs is 1. The molecule has 6 nitrogen and oxygen atoms in total. The molecule has 0 fully saturated rings. The zero-order valence-corrected chi connectivity index (χ0v) is 7.49. The number of nitrogens with zero attached hydrogens (tertiary/aromatic N) is 2. The van der Waals surface area contributed by atoms with Gasteiger partial charge in [-0.3, -0.25) is 4.79 Å². The summed E-state index contributed by atoms with van der Waals surface area (Å²) in [5.41, 5.74) is 10.7. The van der Waals surface area contributed by atoms with Crippen molar-refractivity contribution in [2.75, 3.05) is 0 Å². The topological polar surface area (TPSA) is 108 Å². The molecule has 1 aliphatic rings. The highest BCUT2D eigenvalue weighted by Gasteiger charge is 2.23. The maximum absolute atomic E-state index is 11.4. The summed E-state index contributed by atoms with van der Waals surface area (Å²) in [5.74, 6) is 0.448. The number of ketones is 1. The monoisotopic (exact) mass is 194 g/mol. The fourth-order valence-electron chi connectivity index (χ4n) is 1.41. The summed E-state index contributed by atoms with van der Waals surface area (Å²) in [6, 6.07) is 0.0604. The Morgan fingerprint density at radius 2 is 2.21 bits per heavy atom. The fraction of sp³-hybridized carbons (Fsp3) is 0.375. The number of aryl methyl sites for hydroxylation is 1. The Kier molecular flexibility index (Phi) is 1.95. The van der Waals surface area contributed by atoms with Gasteiger partial charge in [0.05, 0.1) is 0 Å². The van der Waals surface area contributed by atoms with E-state index in [2.05, 4.69) is 9.98 Å². The number of nitrogens with two attached hydrogens (primary N) is 2. The SMILES string of the molecule is NC(N)=Nc1nc2c(o1)CCCC2=O. The van der Waals surface area contributed by atoms with Gasteiger partial charge >= 0.3 is 6.01 Å². The molecule has 0 unspecified atom stereocenters. The second-order valence-electron chi connectivity index (χ2n) is 3.08. The summed E-state index contributed by atoms with van der Waals surface area (Å²) in [7, 11) is 0. The molecule has 1 aromatic heterocycles. The van der Waals surface area contributed by atoms with Gasteiger partial charge < -0.3 is 15.9 Å². The molecule has 0 aliphatic heterocycles. The molecule has 0 spiro atoms. The van der Waals surface area contributed by atoms with E-state index in [1.165, 1.54) is 0 Å². The highest BCUT2D eigenvalue weighted by atomic mass is 16.4. The predicted octanol–water partition coefficient (Wildman–Crippen LogP) is 0.0985. The average molecular weight is 194 g/mol. The van der Waals surface area contributed by atoms with Crippen LogP contribution in [0, 0.1) is 0 Å². The number of carbonyl (C=O) groups excluding carboxylic acids is 1. The van der Waals surface area contributed by atoms with Crippen LogP contribution in [0.15, 0.2) is 9.41 Å². The number of hydrogen-bond donors (Lipinski definition) is 2. The van der Waals surface area contributed by atoms with Crippen molar-refractivity contribution in [2.24, 2.45) is 16.5 Å². The van der Waals surface area contributed by atoms with Gasteiger partial charge in [0.25, 0.3) is 0 Å². The first-order chi connectivity index (χ1) is 6.66. The predicted molar refractivity (Wildman–Crippen MR) is 49.2 cm³/mol. The van der Waals surface area contributed by atoms with Crippen LogP contribution in [0.4, 0.5) is 6.01 Å². The van der Waals surface area contributed by atoms with E-state index in [1.54, 1.807) is 0 Å². The molecule has 2 rings (SSSR count). The number of carbonyl (C=O) groups is 1. The number of hydrogen-bond acceptors (Lipinski definition) is 4. The number of rotatable bonds is 1. The van der Waals surface area contributed by atoms with E-state index in [0.717, 1.165) is 6.42 Å². The molecular formula is C8H10N4O2. The van der Waals surface area contributed by atoms with Gasteiger partial charge in [-0.25, -0.2) is 0 Å². The van der Waals surface area contributed by atoms with Gasteiger partial charge in [0.1, 0.15) is 5.76 Å². The molecule has 0 amide bonds. The van der Waals surface area contributed by atoms with Crippen LogP contribution in [-0.2, 0) is 6.42 Å². The standard InChI is InChI=1S/C8H10N4O2/c9-7(10)12-8-11-6-4(13)2-1-3-5(6)14-8/h1-3H2,(H4,9,10,11,12). The average Bonchev–Trinajstić information content (AvgIpc) is 2.47. The second kappa shape index (κ2) is 3.13. The molecule has 0 radical (unpaired) electrons. The smallest absolute Gasteiger partial charge is 0.325 e. The summed E-state index contributed by atoms with van der Waals surface area (Å²) in [4.78, 5) is 18.9. The van der Waals surface area contributed by atoms with E-state index in [1.807, 2.05) is 0 Å². The lowest BCUT2D eigenvalue weighted by Crippen LogP contribution is -2.21. The van der Waals surface area contributed by atoms with Crippen molar-refractivity contribution in [2.45, 2.75) is 19.3 Å². The number of aliphatic imine (C=N–C) groups is 1. The minimum absolute atomic E-state index is 0.00737. The van der Waals surface area contributed by atoms with Crippen LogP contribution >= 0.6 is 0 Å². The zero-order chi connectivity index (χ0) is 10.1. The van der Waals surface area contributed by atoms with E-state index in [-0.39, 0.29) is 17.8 Å². The van der Waals surface area contributed by atoms with Crippen LogP contribution in [0.5, 0.6) is 0 Å². The lowest BCUT2D eigenvalue weighted by molar-refractivity contribution is 0.0965. The minimum Gasteiger partial charge on any atom is -0.426 e. The normalized spacial score (nSPS) is 15.0. The largest absolute Gasteiger partial charge is 0.426 e. The summed E-state index contributed by atoms with van der Waals surface area (Å²) in [6.07, 6.45) is 2.02. The number of oxazole rings is 1. The van der Waals surface area contributed by atoms with Crippen molar-refractivity contribution in [3.05, 3.63) is 11.5 Å². The van der Waals surface area contributed by atoms with Gasteiger partial charge in [-0.2, -0.15) is 9.98 Å². The second-order valence-corrected chi connectivity index (χ2v) is 3.08. The van der Waals surface area contributed by atoms with Gasteiger partial charge in [-0.05, 0) is 6.42 Å². The number of aromatic nitrogens is 1. The Hall–Kier alpha value is -1.85. The Bertz CT molecular complexity index is 403. The molecule has 0 saturated carbocycles. The molecule has 0 bridgehead atoms. The third-order valence-corrected chi connectivity index (χ3v) is 1.98. The van der Waals surface area contributed by atoms with Gasteiger partial charge in [0.15, 0.2) is 17.4 Å². The first kappa shape index (κ1) is 8.74. The Morgan fingerprint density at radius 3 is 2.86 bits per heavy atom. The Morgan fingerprint density at radius 1 is 1.43 bits per heavy atom. The molecule has 0 saturated heterocycles. The Labute approximate surface area is 80.0 Å². The van der Waals surface area contributed by atoms with E-state index < -0.39 is 0 Å². The summed E-state index contributed by atoms with van der Waals surface area (Å²) in [6.45, 7) is 0. The lowest BCUT2D eigenvalue weighted by Gasteiger charge is -2.04. The molecule has 4 N–H and O–H groups in total. The van der Waals surface area contributed by atoms with Gasteiger partial charge in [-0.15, -0.1) is 0 Å². The fourth-order valence-corrected chi connectivity index (χ4v) is 1.41. The highest BCUT2D eigenvalue weighted by molar-refractivity contribution is 5.96. The maximum Gasteiger partial charge on any atom is 0.325 e. The van der Waals surface area contributed by atoms with Gasteiger partial charge in [0.2, 0.25) is 0 Å². The van der Waals surface area contributed by atoms with Crippen molar-refractivity contribution in [1.82, 2.24) is 4.98 Å². The summed E-state index contributed by atoms with van der Waals surface area (Å²) in [5, 5.41) is 0. The first-order valence-electron chi connectivity index (χ1n) is 4.29. The quantitative estimate of drug-likeness (QED) is 0.487. The first-order valence-corrected chi connectivity index (χ1v) is 4.29. The number of guanidine groups is 1. The van der Waals surface area contributed by atoms with Crippen LogP contribution in [0.3, 0.4) is 0 Å². The summed E-state index contributed by atoms with van der Waals surface area (Å²) < 4.78 is 5.21. The third kappa shape index (κ3) is 1.46. The van der Waals surface area contributed by atoms with Crippen molar-refractivity contribution in [3.8, 4) is 0 Å². The van der Waals surface area contributed by atoms with Crippen molar-refractivity contribution >= 4 is 17.8 Å². The van der Waals surface area contributed by atoms with Gasteiger partial charge in [0, 0.05) is 12.8 Å². The van der Waals surface area contributed by atoms with Crippen LogP contribution in [0.1, 0.15) is 29.1 Å². The molecule has 14 heavy (non-hydrogen) atoms. The van der Waals surface area contributed by atoms with Crippen molar-refractivity contribution in [1.29, 1.82) is 0 Å². The molecule has 74 valence electrons. The minimum atomic E-state index is -0.129. The van der Waals surface area contributed by atoms with E-state index in [0.29, 0.717) is 24.3 Å². The van der Waals surface area contributed by atoms with Crippen LogP contribution in [0.2, 0.25) is 0 Å². The molecule has 1 heterocycles. The molecule has 0 atom stereocenters. The third-order valence-electron chi connectivity index (χ3n) is 1.98. The number of Topliss-reactive ketones (excluding diaryl/α,β-unsaturated/α-hetero) is 1. The molecule has 6 heteroatoms.